The zero-order valence-electron chi connectivity index (χ0n) is 35.6. The van der Waals surface area contributed by atoms with E-state index < -0.39 is 11.9 Å². The van der Waals surface area contributed by atoms with Gasteiger partial charge in [0.15, 0.2) is 11.6 Å². The van der Waals surface area contributed by atoms with Crippen LogP contribution in [-0.2, 0) is 39.2 Å². The van der Waals surface area contributed by atoms with Crippen molar-refractivity contribution in [3.8, 4) is 23.0 Å². The second kappa shape index (κ2) is 21.9. The first-order valence-electron chi connectivity index (χ1n) is 21.3. The zero-order valence-corrected chi connectivity index (χ0v) is 35.6. The third kappa shape index (κ3) is 11.8. The average molecular weight is 860 g/mol. The van der Waals surface area contributed by atoms with Crippen molar-refractivity contribution in [2.45, 2.75) is 70.6 Å². The van der Waals surface area contributed by atoms with Crippen molar-refractivity contribution in [1.29, 1.82) is 0 Å². The number of hydrogen-bond donors (Lipinski definition) is 3. The molecule has 4 heterocycles. The standard InChI is InChI=1S/C46H53N9O8/c1-31(50-44(57)33-11-6-12-34(26-33)48-28-41-52-53-43(54(41)2)38-18-19-47-30-49-38)32-10-7-13-35(27-32)62-23-5-3-4-20-60-21-9-22-61-24-25-63-40-15-8-14-36-37(40)29-55(46(36)59)39-16-17-42(56)51-45(39)58/h6-8,10-15,18-19,26-27,30-31,39,48H,3-5,9,16-17,20-25,28-29H2,1-2H3,(H,50,57)(H,51,56,58)/t31-,39?/m1/s1. The number of carbonyl (C=O) groups is 4. The van der Waals surface area contributed by atoms with Crippen LogP contribution in [0.2, 0.25) is 0 Å². The smallest absolute Gasteiger partial charge is 0.255 e. The molecule has 2 aromatic heterocycles. The summed E-state index contributed by atoms with van der Waals surface area (Å²) in [5, 5.41) is 17.3. The molecule has 2 atom stereocenters. The first-order chi connectivity index (χ1) is 30.7. The number of aromatic nitrogens is 5. The molecule has 1 saturated heterocycles. The third-order valence-corrected chi connectivity index (χ3v) is 10.9. The number of imide groups is 1. The zero-order chi connectivity index (χ0) is 44.0. The van der Waals surface area contributed by atoms with Crippen molar-refractivity contribution in [3.63, 3.8) is 0 Å². The number of unbranched alkanes of at least 4 members (excludes halogenated alkanes) is 2. The van der Waals surface area contributed by atoms with Crippen LogP contribution >= 0.6 is 0 Å². The molecule has 0 radical (unpaired) electrons. The van der Waals surface area contributed by atoms with Crippen LogP contribution in [0.5, 0.6) is 11.5 Å². The summed E-state index contributed by atoms with van der Waals surface area (Å²) in [7, 11) is 1.88. The second-order valence-corrected chi connectivity index (χ2v) is 15.3. The molecule has 330 valence electrons. The van der Waals surface area contributed by atoms with E-state index in [9.17, 15) is 19.2 Å². The van der Waals surface area contributed by atoms with E-state index in [1.54, 1.807) is 30.5 Å². The number of hydrogen-bond acceptors (Lipinski definition) is 13. The van der Waals surface area contributed by atoms with Gasteiger partial charge in [0.1, 0.15) is 36.2 Å². The molecule has 17 heteroatoms. The van der Waals surface area contributed by atoms with Crippen LogP contribution in [0.1, 0.15) is 89.2 Å². The average Bonchev–Trinajstić information content (AvgIpc) is 3.84. The van der Waals surface area contributed by atoms with Crippen LogP contribution < -0.4 is 25.4 Å². The first-order valence-corrected chi connectivity index (χ1v) is 21.3. The Morgan fingerprint density at radius 3 is 2.52 bits per heavy atom. The van der Waals surface area contributed by atoms with E-state index in [4.69, 9.17) is 18.9 Å². The number of anilines is 1. The van der Waals surface area contributed by atoms with Gasteiger partial charge in [0.05, 0.1) is 32.3 Å². The highest BCUT2D eigenvalue weighted by atomic mass is 16.5. The summed E-state index contributed by atoms with van der Waals surface area (Å²) >= 11 is 0. The molecule has 1 unspecified atom stereocenters. The van der Waals surface area contributed by atoms with Gasteiger partial charge in [-0.05, 0) is 93.1 Å². The van der Waals surface area contributed by atoms with Crippen molar-refractivity contribution < 1.29 is 38.1 Å². The van der Waals surface area contributed by atoms with Crippen LogP contribution in [0.3, 0.4) is 0 Å². The molecule has 2 aliphatic rings. The lowest BCUT2D eigenvalue weighted by Crippen LogP contribution is -2.52. The minimum atomic E-state index is -0.666. The van der Waals surface area contributed by atoms with Gasteiger partial charge in [0.25, 0.3) is 11.8 Å². The number of rotatable bonds is 23. The van der Waals surface area contributed by atoms with E-state index in [0.29, 0.717) is 81.0 Å². The summed E-state index contributed by atoms with van der Waals surface area (Å²) in [6.07, 6.45) is 7.21. The maximum atomic E-state index is 13.2. The van der Waals surface area contributed by atoms with Gasteiger partial charge in [-0.15, -0.1) is 10.2 Å². The van der Waals surface area contributed by atoms with E-state index >= 15 is 0 Å². The highest BCUT2D eigenvalue weighted by Gasteiger charge is 2.40. The Morgan fingerprint density at radius 2 is 1.68 bits per heavy atom. The number of amides is 4. The summed E-state index contributed by atoms with van der Waals surface area (Å²) in [5.41, 5.74) is 4.21. The molecular weight excluding hydrogens is 807 g/mol. The van der Waals surface area contributed by atoms with Gasteiger partial charge in [-0.1, -0.05) is 24.3 Å². The minimum absolute atomic E-state index is 0.183. The largest absolute Gasteiger partial charge is 0.494 e. The number of fused-ring (bicyclic) bond motifs is 1. The van der Waals surface area contributed by atoms with Gasteiger partial charge in [-0.25, -0.2) is 9.97 Å². The molecule has 0 spiro atoms. The van der Waals surface area contributed by atoms with E-state index in [0.717, 1.165) is 54.1 Å². The first kappa shape index (κ1) is 44.3. The molecule has 17 nitrogen and oxygen atoms in total. The van der Waals surface area contributed by atoms with Crippen LogP contribution in [0.25, 0.3) is 11.5 Å². The van der Waals surface area contributed by atoms with Gasteiger partial charge < -0.3 is 39.0 Å². The van der Waals surface area contributed by atoms with Gasteiger partial charge in [-0.2, -0.15) is 0 Å². The van der Waals surface area contributed by atoms with E-state index in [2.05, 4.69) is 36.1 Å². The summed E-state index contributed by atoms with van der Waals surface area (Å²) in [4.78, 5) is 59.9. The molecule has 3 aromatic carbocycles. The Bertz CT molecular complexity index is 2360. The number of piperidine rings is 1. The minimum Gasteiger partial charge on any atom is -0.494 e. The maximum Gasteiger partial charge on any atom is 0.255 e. The monoisotopic (exact) mass is 859 g/mol. The fourth-order valence-corrected chi connectivity index (χ4v) is 7.39. The Hall–Kier alpha value is -6.72. The fraction of sp³-hybridized carbons (Fsp3) is 0.391. The lowest BCUT2D eigenvalue weighted by Gasteiger charge is -2.29. The molecule has 2 aliphatic heterocycles. The quantitative estimate of drug-likeness (QED) is 0.0573. The summed E-state index contributed by atoms with van der Waals surface area (Å²) in [5.74, 6) is 1.55. The van der Waals surface area contributed by atoms with Crippen molar-refractivity contribution >= 4 is 29.3 Å². The Balaban J connectivity index is 0.721. The predicted octanol–water partition coefficient (Wildman–Crippen LogP) is 5.19. The van der Waals surface area contributed by atoms with E-state index in [1.807, 2.05) is 67.1 Å². The lowest BCUT2D eigenvalue weighted by atomic mass is 10.0. The normalized spacial score (nSPS) is 15.2. The highest BCUT2D eigenvalue weighted by Crippen LogP contribution is 2.33. The summed E-state index contributed by atoms with van der Waals surface area (Å²) < 4.78 is 25.4. The molecule has 1 fully saturated rings. The van der Waals surface area contributed by atoms with Gasteiger partial charge in [-0.3, -0.25) is 24.5 Å². The van der Waals surface area contributed by atoms with Crippen molar-refractivity contribution in [3.05, 3.63) is 113 Å². The number of benzene rings is 3. The molecule has 3 N–H and O–H groups in total. The summed E-state index contributed by atoms with van der Waals surface area (Å²) in [6, 6.07) is 21.3. The van der Waals surface area contributed by atoms with Crippen molar-refractivity contribution in [2.24, 2.45) is 7.05 Å². The van der Waals surface area contributed by atoms with Crippen molar-refractivity contribution in [1.82, 2.24) is 40.3 Å². The molecule has 4 amide bonds. The molecular formula is C46H53N9O8. The Morgan fingerprint density at radius 1 is 0.873 bits per heavy atom. The lowest BCUT2D eigenvalue weighted by molar-refractivity contribution is -0.136. The molecule has 0 aliphatic carbocycles. The molecule has 0 bridgehead atoms. The molecule has 63 heavy (non-hydrogen) atoms. The number of ether oxygens (including phenoxy) is 4. The van der Waals surface area contributed by atoms with Crippen molar-refractivity contribution in [2.75, 3.05) is 45.0 Å². The predicted molar refractivity (Wildman–Crippen MR) is 232 cm³/mol. The second-order valence-electron chi connectivity index (χ2n) is 15.3. The van der Waals surface area contributed by atoms with Crippen LogP contribution in [-0.4, -0.2) is 98.9 Å². The third-order valence-electron chi connectivity index (χ3n) is 10.9. The SMILES string of the molecule is C[C@@H](NC(=O)c1cccc(NCc2nnc(-c3ccncn3)n2C)c1)c1cccc(OCCCCCOCCCOCCOc2cccc3c2CN(C2CCC(=O)NC2=O)C3=O)c1. The fourth-order valence-electron chi connectivity index (χ4n) is 7.39. The van der Waals surface area contributed by atoms with Gasteiger partial charge in [0, 0.05) is 61.9 Å². The Kier molecular flexibility index (Phi) is 15.4. The molecule has 0 saturated carbocycles. The van der Waals surface area contributed by atoms with Crippen LogP contribution in [0, 0.1) is 0 Å². The molecule has 7 rings (SSSR count). The highest BCUT2D eigenvalue weighted by molar-refractivity contribution is 6.05. The van der Waals surface area contributed by atoms with Crippen LogP contribution in [0.15, 0.2) is 85.3 Å². The number of carbonyl (C=O) groups excluding carboxylic acids is 4. The number of nitrogens with zero attached hydrogens (tertiary/aromatic N) is 6. The van der Waals surface area contributed by atoms with E-state index in [1.165, 1.54) is 11.2 Å². The van der Waals surface area contributed by atoms with Gasteiger partial charge in [0.2, 0.25) is 11.8 Å². The van der Waals surface area contributed by atoms with Crippen LogP contribution in [0.4, 0.5) is 5.69 Å². The molecule has 5 aromatic rings. The topological polar surface area (TPSA) is 201 Å². The van der Waals surface area contributed by atoms with Gasteiger partial charge >= 0.3 is 0 Å². The number of nitrogens with one attached hydrogen (secondary N) is 3. The summed E-state index contributed by atoms with van der Waals surface area (Å²) in [6.45, 7) is 5.71. The van der Waals surface area contributed by atoms with E-state index in [-0.39, 0.29) is 36.7 Å². The Labute approximate surface area is 365 Å². The maximum absolute atomic E-state index is 13.2.